The fourth-order valence-corrected chi connectivity index (χ4v) is 4.19. The normalized spacial score (nSPS) is 16.0. The number of carbonyl (C=O) groups is 2. The van der Waals surface area contributed by atoms with E-state index in [1.165, 1.54) is 4.68 Å². The minimum Gasteiger partial charge on any atom is -0.447 e. The number of nitriles is 1. The van der Waals surface area contributed by atoms with Crippen LogP contribution in [0.15, 0.2) is 36.4 Å². The summed E-state index contributed by atoms with van der Waals surface area (Å²) in [7, 11) is 0. The maximum atomic E-state index is 13.0. The average Bonchev–Trinajstić information content (AvgIpc) is 3.20. The van der Waals surface area contributed by atoms with Gasteiger partial charge in [-0.2, -0.15) is 9.94 Å². The fourth-order valence-electron chi connectivity index (χ4n) is 3.97. The van der Waals surface area contributed by atoms with Crippen LogP contribution in [-0.4, -0.2) is 41.5 Å². The predicted octanol–water partition coefficient (Wildman–Crippen LogP) is 5.20. The van der Waals surface area contributed by atoms with Gasteiger partial charge in [0, 0.05) is 22.5 Å². The van der Waals surface area contributed by atoms with Crippen molar-refractivity contribution in [1.29, 1.82) is 5.26 Å². The topological polar surface area (TPSA) is 109 Å². The Bertz CT molecular complexity index is 1310. The molecule has 1 aliphatic heterocycles. The molecule has 9 heteroatoms. The second-order valence-electron chi connectivity index (χ2n) is 9.95. The summed E-state index contributed by atoms with van der Waals surface area (Å²) in [5.41, 5.74) is 2.17. The first-order valence-electron chi connectivity index (χ1n) is 11.6. The monoisotopic (exact) mass is 493 g/mol. The van der Waals surface area contributed by atoms with Gasteiger partial charge in [0.05, 0.1) is 29.7 Å². The number of ether oxygens (including phenoxy) is 1. The molecule has 1 atom stereocenters. The summed E-state index contributed by atoms with van der Waals surface area (Å²) in [6, 6.07) is 12.5. The lowest BCUT2D eigenvalue weighted by Gasteiger charge is -2.21. The van der Waals surface area contributed by atoms with Gasteiger partial charge in [0.2, 0.25) is 5.91 Å². The zero-order valence-corrected chi connectivity index (χ0v) is 20.8. The van der Waals surface area contributed by atoms with E-state index in [4.69, 9.17) is 16.3 Å². The first-order chi connectivity index (χ1) is 16.7. The van der Waals surface area contributed by atoms with Crippen molar-refractivity contribution in [2.45, 2.75) is 33.6 Å². The van der Waals surface area contributed by atoms with E-state index in [1.807, 2.05) is 26.8 Å². The Morgan fingerprint density at radius 3 is 2.77 bits per heavy atom. The molecule has 0 aliphatic carbocycles. The number of amides is 1. The van der Waals surface area contributed by atoms with Crippen LogP contribution in [0, 0.1) is 22.7 Å². The zero-order chi connectivity index (χ0) is 25.2. The first-order valence-corrected chi connectivity index (χ1v) is 12.0. The maximum absolute atomic E-state index is 13.0. The van der Waals surface area contributed by atoms with E-state index in [9.17, 15) is 14.9 Å². The number of benzene rings is 2. The molecule has 0 spiro atoms. The number of nitrogens with one attached hydrogen (secondary N) is 2. The van der Waals surface area contributed by atoms with Crippen LogP contribution in [0.2, 0.25) is 5.02 Å². The van der Waals surface area contributed by atoms with Gasteiger partial charge in [-0.05, 0) is 60.7 Å². The molecule has 1 aliphatic rings. The van der Waals surface area contributed by atoms with Gasteiger partial charge in [-0.25, -0.2) is 4.79 Å². The van der Waals surface area contributed by atoms with Gasteiger partial charge in [-0.1, -0.05) is 38.4 Å². The van der Waals surface area contributed by atoms with Crippen molar-refractivity contribution in [3.05, 3.63) is 47.0 Å². The van der Waals surface area contributed by atoms with Crippen molar-refractivity contribution in [1.82, 2.24) is 15.1 Å². The van der Waals surface area contributed by atoms with Gasteiger partial charge in [0.1, 0.15) is 0 Å². The SMILES string of the molecule is CC(C)(C)COC(=O)n1nc(NC(=O)[C@@H]2CCCNC2)c2cc(-c3cc(C#N)ccc3Cl)ccc21. The molecule has 4 rings (SSSR count). The molecule has 3 aromatic rings. The highest BCUT2D eigenvalue weighted by Crippen LogP contribution is 2.34. The van der Waals surface area contributed by atoms with E-state index < -0.39 is 6.09 Å². The largest absolute Gasteiger partial charge is 0.447 e. The molecule has 0 bridgehead atoms. The third-order valence-corrected chi connectivity index (χ3v) is 6.13. The molecule has 182 valence electrons. The minimum absolute atomic E-state index is 0.151. The Kier molecular flexibility index (Phi) is 7.10. The molecular weight excluding hydrogens is 466 g/mol. The standard InChI is InChI=1S/C26H28ClN5O3/c1-26(2,3)15-35-25(34)32-22-9-7-17(19-11-16(13-28)6-8-21(19)27)12-20(22)23(31-32)30-24(33)18-5-4-10-29-14-18/h6-9,11-12,18,29H,4-5,10,14-15H2,1-3H3,(H,30,31,33)/t18-/m1/s1. The third kappa shape index (κ3) is 5.64. The summed E-state index contributed by atoms with van der Waals surface area (Å²) in [5, 5.41) is 20.9. The summed E-state index contributed by atoms with van der Waals surface area (Å²) >= 11 is 6.42. The number of rotatable bonds is 4. The molecule has 1 saturated heterocycles. The van der Waals surface area contributed by atoms with E-state index >= 15 is 0 Å². The molecule has 1 fully saturated rings. The molecule has 2 heterocycles. The Hall–Kier alpha value is -3.41. The molecule has 35 heavy (non-hydrogen) atoms. The Labute approximate surface area is 209 Å². The number of aromatic nitrogens is 2. The number of fused-ring (bicyclic) bond motifs is 1. The number of piperidine rings is 1. The van der Waals surface area contributed by atoms with Crippen LogP contribution >= 0.6 is 11.6 Å². The van der Waals surface area contributed by atoms with Gasteiger partial charge in [-0.15, -0.1) is 5.10 Å². The van der Waals surface area contributed by atoms with Crippen molar-refractivity contribution in [3.8, 4) is 17.2 Å². The van der Waals surface area contributed by atoms with Gasteiger partial charge < -0.3 is 15.4 Å². The molecule has 0 radical (unpaired) electrons. The van der Waals surface area contributed by atoms with Crippen LogP contribution in [0.5, 0.6) is 0 Å². The highest BCUT2D eigenvalue weighted by atomic mass is 35.5. The number of hydrogen-bond donors (Lipinski definition) is 2. The molecular formula is C26H28ClN5O3. The van der Waals surface area contributed by atoms with E-state index in [0.29, 0.717) is 33.6 Å². The quantitative estimate of drug-likeness (QED) is 0.517. The number of anilines is 1. The van der Waals surface area contributed by atoms with Gasteiger partial charge in [0.15, 0.2) is 5.82 Å². The van der Waals surface area contributed by atoms with E-state index in [0.717, 1.165) is 24.9 Å². The highest BCUT2D eigenvalue weighted by molar-refractivity contribution is 6.33. The molecule has 0 unspecified atom stereocenters. The lowest BCUT2D eigenvalue weighted by atomic mass is 9.98. The summed E-state index contributed by atoms with van der Waals surface area (Å²) in [6.45, 7) is 7.62. The van der Waals surface area contributed by atoms with Crippen molar-refractivity contribution in [2.75, 3.05) is 25.0 Å². The highest BCUT2D eigenvalue weighted by Gasteiger charge is 2.25. The van der Waals surface area contributed by atoms with Gasteiger partial charge >= 0.3 is 6.09 Å². The van der Waals surface area contributed by atoms with Crippen LogP contribution in [0.4, 0.5) is 10.6 Å². The van der Waals surface area contributed by atoms with Gasteiger partial charge in [-0.3, -0.25) is 4.79 Å². The second-order valence-corrected chi connectivity index (χ2v) is 10.4. The molecule has 1 amide bonds. The zero-order valence-electron chi connectivity index (χ0n) is 20.0. The number of halogens is 1. The average molecular weight is 494 g/mol. The summed E-state index contributed by atoms with van der Waals surface area (Å²) < 4.78 is 6.65. The summed E-state index contributed by atoms with van der Waals surface area (Å²) in [4.78, 5) is 25.9. The molecule has 0 saturated carbocycles. The molecule has 2 N–H and O–H groups in total. The van der Waals surface area contributed by atoms with Crippen LogP contribution in [0.3, 0.4) is 0 Å². The lowest BCUT2D eigenvalue weighted by molar-refractivity contribution is -0.120. The molecule has 1 aromatic heterocycles. The Balaban J connectivity index is 1.76. The molecule has 2 aromatic carbocycles. The van der Waals surface area contributed by atoms with Crippen molar-refractivity contribution >= 4 is 40.3 Å². The van der Waals surface area contributed by atoms with E-state index in [1.54, 1.807) is 30.3 Å². The van der Waals surface area contributed by atoms with Crippen LogP contribution in [-0.2, 0) is 9.53 Å². The summed E-state index contributed by atoms with van der Waals surface area (Å²) in [5.74, 6) is -0.0545. The number of hydrogen-bond acceptors (Lipinski definition) is 6. The molecule has 8 nitrogen and oxygen atoms in total. The van der Waals surface area contributed by atoms with Crippen LogP contribution in [0.1, 0.15) is 39.2 Å². The van der Waals surface area contributed by atoms with E-state index in [-0.39, 0.29) is 29.7 Å². The minimum atomic E-state index is -0.623. The van der Waals surface area contributed by atoms with Crippen LogP contribution in [0.25, 0.3) is 22.0 Å². The summed E-state index contributed by atoms with van der Waals surface area (Å²) in [6.07, 6.45) is 1.08. The number of nitrogens with zero attached hydrogens (tertiary/aromatic N) is 3. The van der Waals surface area contributed by atoms with Gasteiger partial charge in [0.25, 0.3) is 0 Å². The Morgan fingerprint density at radius 1 is 1.29 bits per heavy atom. The lowest BCUT2D eigenvalue weighted by Crippen LogP contribution is -2.37. The van der Waals surface area contributed by atoms with Crippen molar-refractivity contribution in [2.24, 2.45) is 11.3 Å². The first kappa shape index (κ1) is 24.7. The maximum Gasteiger partial charge on any atom is 0.435 e. The Morgan fingerprint density at radius 2 is 2.09 bits per heavy atom. The second kappa shape index (κ2) is 10.1. The predicted molar refractivity (Wildman–Crippen MR) is 135 cm³/mol. The third-order valence-electron chi connectivity index (χ3n) is 5.80. The fraction of sp³-hybridized carbons (Fsp3) is 0.385. The number of carbonyl (C=O) groups excluding carboxylic acids is 2. The van der Waals surface area contributed by atoms with Crippen molar-refractivity contribution in [3.63, 3.8) is 0 Å². The van der Waals surface area contributed by atoms with Crippen molar-refractivity contribution < 1.29 is 14.3 Å². The smallest absolute Gasteiger partial charge is 0.435 e. The van der Waals surface area contributed by atoms with E-state index in [2.05, 4.69) is 21.8 Å². The van der Waals surface area contributed by atoms with Crippen LogP contribution < -0.4 is 10.6 Å².